The maximum atomic E-state index is 13.9. The van der Waals surface area contributed by atoms with Crippen molar-refractivity contribution in [3.63, 3.8) is 0 Å². The number of halogens is 3. The van der Waals surface area contributed by atoms with Crippen LogP contribution in [0, 0.1) is 11.3 Å². The molecule has 10 heteroatoms. The largest absolute Gasteiger partial charge is 0.416 e. The second kappa shape index (κ2) is 9.49. The van der Waals surface area contributed by atoms with E-state index in [1.54, 1.807) is 24.3 Å². The molecule has 0 bridgehead atoms. The summed E-state index contributed by atoms with van der Waals surface area (Å²) in [5, 5.41) is 9.17. The molecule has 0 saturated heterocycles. The van der Waals surface area contributed by atoms with Crippen LogP contribution in [0.4, 0.5) is 23.7 Å². The number of hydrogen-bond acceptors (Lipinski definition) is 4. The summed E-state index contributed by atoms with van der Waals surface area (Å²) in [6.45, 7) is -0.393. The van der Waals surface area contributed by atoms with Crippen molar-refractivity contribution in [2.75, 3.05) is 25.5 Å². The van der Waals surface area contributed by atoms with Crippen molar-refractivity contribution in [1.82, 2.24) is 9.80 Å². The standard InChI is InChI=1S/C26H23F3N4O3/c1-31(2)22(35)15-32-24(17-11-9-16(14-30)10-12-17)23-20(7-4-8-21(23)34)33(25(32)36)19-6-3-5-18(13-19)26(27,28)29/h3,5-6,9-13,24H,4,7-8,15H2,1-2H3/t24-/m0/s1. The minimum absolute atomic E-state index is 0.0300. The molecule has 4 rings (SSSR count). The molecule has 0 spiro atoms. The molecule has 36 heavy (non-hydrogen) atoms. The first kappa shape index (κ1) is 25.0. The molecule has 2 aromatic rings. The minimum Gasteiger partial charge on any atom is -0.347 e. The Balaban J connectivity index is 1.94. The van der Waals surface area contributed by atoms with Crippen molar-refractivity contribution >= 4 is 23.4 Å². The Morgan fingerprint density at radius 3 is 2.42 bits per heavy atom. The Morgan fingerprint density at radius 2 is 1.81 bits per heavy atom. The minimum atomic E-state index is -4.62. The average Bonchev–Trinajstić information content (AvgIpc) is 2.84. The van der Waals surface area contributed by atoms with Gasteiger partial charge in [-0.2, -0.15) is 18.4 Å². The van der Waals surface area contributed by atoms with Crippen LogP contribution in [0.1, 0.15) is 42.0 Å². The molecule has 1 heterocycles. The zero-order valence-electron chi connectivity index (χ0n) is 19.7. The fourth-order valence-electron chi connectivity index (χ4n) is 4.52. The smallest absolute Gasteiger partial charge is 0.347 e. The number of rotatable bonds is 4. The van der Waals surface area contributed by atoms with Gasteiger partial charge in [-0.1, -0.05) is 18.2 Å². The summed E-state index contributed by atoms with van der Waals surface area (Å²) in [4.78, 5) is 43.5. The van der Waals surface area contributed by atoms with Crippen LogP contribution in [0.3, 0.4) is 0 Å². The van der Waals surface area contributed by atoms with Crippen LogP contribution in [0.15, 0.2) is 59.8 Å². The molecule has 0 aromatic heterocycles. The highest BCUT2D eigenvalue weighted by Crippen LogP contribution is 2.44. The molecule has 1 aliphatic carbocycles. The second-order valence-electron chi connectivity index (χ2n) is 8.86. The lowest BCUT2D eigenvalue weighted by molar-refractivity contribution is -0.137. The molecule has 0 saturated carbocycles. The number of ketones is 1. The number of amides is 3. The van der Waals surface area contributed by atoms with E-state index in [1.807, 2.05) is 6.07 Å². The lowest BCUT2D eigenvalue weighted by atomic mass is 9.83. The number of Topliss-reactive ketones (excluding diaryl/α,β-unsaturated/α-hetero) is 1. The highest BCUT2D eigenvalue weighted by Gasteiger charge is 2.45. The number of urea groups is 1. The molecular weight excluding hydrogens is 473 g/mol. The molecule has 0 N–H and O–H groups in total. The normalized spacial score (nSPS) is 18.2. The molecule has 7 nitrogen and oxygen atoms in total. The third-order valence-corrected chi connectivity index (χ3v) is 6.31. The number of carbonyl (C=O) groups is 3. The van der Waals surface area contributed by atoms with Crippen molar-refractivity contribution in [3.05, 3.63) is 76.5 Å². The molecule has 0 fully saturated rings. The van der Waals surface area contributed by atoms with Gasteiger partial charge >= 0.3 is 12.2 Å². The van der Waals surface area contributed by atoms with Gasteiger partial charge in [-0.25, -0.2) is 4.79 Å². The van der Waals surface area contributed by atoms with Crippen LogP contribution < -0.4 is 4.90 Å². The second-order valence-corrected chi connectivity index (χ2v) is 8.86. The van der Waals surface area contributed by atoms with E-state index in [0.29, 0.717) is 29.7 Å². The quantitative estimate of drug-likeness (QED) is 0.617. The fraction of sp³-hybridized carbons (Fsp3) is 0.308. The maximum absolute atomic E-state index is 13.9. The highest BCUT2D eigenvalue weighted by atomic mass is 19.4. The van der Waals surface area contributed by atoms with Crippen molar-refractivity contribution in [3.8, 4) is 6.07 Å². The number of benzene rings is 2. The Kier molecular flexibility index (Phi) is 6.59. The SMILES string of the molecule is CN(C)C(=O)CN1C(=O)N(c2cccc(C(F)(F)F)c2)C2=C(C(=O)CCC2)[C@@H]1c1ccc(C#N)cc1. The first-order valence-corrected chi connectivity index (χ1v) is 11.3. The Morgan fingerprint density at radius 1 is 1.11 bits per heavy atom. The molecular formula is C26H23F3N4O3. The van der Waals surface area contributed by atoms with Gasteiger partial charge in [0.15, 0.2) is 5.78 Å². The number of anilines is 1. The predicted molar refractivity (Wildman–Crippen MR) is 125 cm³/mol. The molecule has 186 valence electrons. The van der Waals surface area contributed by atoms with Crippen molar-refractivity contribution < 1.29 is 27.6 Å². The molecule has 2 aliphatic rings. The third kappa shape index (κ3) is 4.56. The highest BCUT2D eigenvalue weighted by molar-refractivity contribution is 6.07. The van der Waals surface area contributed by atoms with E-state index in [9.17, 15) is 27.6 Å². The van der Waals surface area contributed by atoms with Gasteiger partial charge in [0.25, 0.3) is 0 Å². The first-order valence-electron chi connectivity index (χ1n) is 11.3. The number of carbonyl (C=O) groups excluding carboxylic acids is 3. The summed E-state index contributed by atoms with van der Waals surface area (Å²) in [5.74, 6) is -0.657. The Hall–Kier alpha value is -4.13. The Bertz CT molecular complexity index is 1290. The van der Waals surface area contributed by atoms with E-state index < -0.39 is 36.3 Å². The van der Waals surface area contributed by atoms with Gasteiger partial charge in [-0.05, 0) is 48.7 Å². The average molecular weight is 496 g/mol. The Labute approximate surface area is 206 Å². The molecule has 3 amide bonds. The molecule has 0 unspecified atom stereocenters. The van der Waals surface area contributed by atoms with E-state index in [0.717, 1.165) is 17.0 Å². The van der Waals surface area contributed by atoms with E-state index in [2.05, 4.69) is 0 Å². The maximum Gasteiger partial charge on any atom is 0.416 e. The first-order chi connectivity index (χ1) is 17.0. The van der Waals surface area contributed by atoms with Crippen molar-refractivity contribution in [2.24, 2.45) is 0 Å². The van der Waals surface area contributed by atoms with Gasteiger partial charge in [0.05, 0.1) is 28.9 Å². The van der Waals surface area contributed by atoms with Gasteiger partial charge in [0.1, 0.15) is 6.54 Å². The molecule has 0 radical (unpaired) electrons. The summed E-state index contributed by atoms with van der Waals surface area (Å²) in [6, 6.07) is 11.1. The zero-order valence-corrected chi connectivity index (χ0v) is 19.7. The van der Waals surface area contributed by atoms with Gasteiger partial charge in [0, 0.05) is 31.8 Å². The fourth-order valence-corrected chi connectivity index (χ4v) is 4.52. The van der Waals surface area contributed by atoms with Crippen molar-refractivity contribution in [2.45, 2.75) is 31.5 Å². The molecule has 1 atom stereocenters. The number of nitrogens with zero attached hydrogens (tertiary/aromatic N) is 4. The lowest BCUT2D eigenvalue weighted by Gasteiger charge is -2.45. The topological polar surface area (TPSA) is 84.7 Å². The van der Waals surface area contributed by atoms with E-state index in [4.69, 9.17) is 5.26 Å². The van der Waals surface area contributed by atoms with Gasteiger partial charge in [-0.15, -0.1) is 0 Å². The van der Waals surface area contributed by atoms with E-state index >= 15 is 0 Å². The third-order valence-electron chi connectivity index (χ3n) is 6.31. The number of hydrogen-bond donors (Lipinski definition) is 0. The van der Waals surface area contributed by atoms with Crippen LogP contribution >= 0.6 is 0 Å². The summed E-state index contributed by atoms with van der Waals surface area (Å²) >= 11 is 0. The monoisotopic (exact) mass is 496 g/mol. The number of allylic oxidation sites excluding steroid dienone is 1. The van der Waals surface area contributed by atoms with Crippen LogP contribution in [0.5, 0.6) is 0 Å². The number of nitriles is 1. The summed E-state index contributed by atoms with van der Waals surface area (Å²) in [6.07, 6.45) is -3.66. The van der Waals surface area contributed by atoms with Crippen molar-refractivity contribution in [1.29, 1.82) is 5.26 Å². The zero-order chi connectivity index (χ0) is 26.2. The summed E-state index contributed by atoms with van der Waals surface area (Å²) in [5.41, 5.74) is 0.555. The van der Waals surface area contributed by atoms with E-state index in [-0.39, 0.29) is 23.5 Å². The molecule has 2 aromatic carbocycles. The van der Waals surface area contributed by atoms with Crippen LogP contribution in [-0.2, 0) is 15.8 Å². The number of alkyl halides is 3. The van der Waals surface area contributed by atoms with E-state index in [1.165, 1.54) is 36.0 Å². The van der Waals surface area contributed by atoms with Gasteiger partial charge in [0.2, 0.25) is 5.91 Å². The van der Waals surface area contributed by atoms with Crippen LogP contribution in [0.25, 0.3) is 0 Å². The van der Waals surface area contributed by atoms with Crippen LogP contribution in [0.2, 0.25) is 0 Å². The van der Waals surface area contributed by atoms with Gasteiger partial charge < -0.3 is 9.80 Å². The van der Waals surface area contributed by atoms with Crippen LogP contribution in [-0.4, -0.2) is 48.2 Å². The lowest BCUT2D eigenvalue weighted by Crippen LogP contribution is -2.54. The number of likely N-dealkylation sites (N-methyl/N-ethyl adjacent to an activating group) is 1. The molecule has 1 aliphatic heterocycles. The van der Waals surface area contributed by atoms with Gasteiger partial charge in [-0.3, -0.25) is 14.5 Å². The predicted octanol–water partition coefficient (Wildman–Crippen LogP) is 4.66. The summed E-state index contributed by atoms with van der Waals surface area (Å²) in [7, 11) is 3.04. The summed E-state index contributed by atoms with van der Waals surface area (Å²) < 4.78 is 40.4.